The van der Waals surface area contributed by atoms with E-state index in [1.54, 1.807) is 30.6 Å². The molecule has 1 aliphatic rings. The van der Waals surface area contributed by atoms with E-state index in [0.717, 1.165) is 52.8 Å². The van der Waals surface area contributed by atoms with Crippen LogP contribution in [-0.4, -0.2) is 40.8 Å². The Morgan fingerprint density at radius 1 is 0.696 bits per heavy atom. The lowest BCUT2D eigenvalue weighted by atomic mass is 9.89. The molecule has 11 heteroatoms. The highest BCUT2D eigenvalue weighted by atomic mass is 32.2. The van der Waals surface area contributed by atoms with E-state index in [9.17, 15) is 26.4 Å². The highest BCUT2D eigenvalue weighted by Crippen LogP contribution is 2.32. The van der Waals surface area contributed by atoms with Crippen molar-refractivity contribution in [3.8, 4) is 22.3 Å². The number of sulfonamides is 1. The molecule has 4 aromatic carbocycles. The van der Waals surface area contributed by atoms with Crippen molar-refractivity contribution in [3.05, 3.63) is 144 Å². The Morgan fingerprint density at radius 2 is 1.20 bits per heavy atom. The van der Waals surface area contributed by atoms with Crippen LogP contribution in [0.5, 0.6) is 0 Å². The minimum Gasteiger partial charge on any atom is -0.444 e. The van der Waals surface area contributed by atoms with Gasteiger partial charge in [0.05, 0.1) is 10.5 Å². The molecule has 0 spiro atoms. The van der Waals surface area contributed by atoms with Crippen molar-refractivity contribution >= 4 is 16.1 Å². The maximum absolute atomic E-state index is 14.1. The lowest BCUT2D eigenvalue weighted by molar-refractivity contribution is -0.137. The maximum atomic E-state index is 14.1. The Bertz CT molecular complexity index is 2150. The van der Waals surface area contributed by atoms with Gasteiger partial charge in [0.2, 0.25) is 10.0 Å². The molecular weight excluding hydrogens is 736 g/mol. The van der Waals surface area contributed by atoms with Gasteiger partial charge in [0, 0.05) is 38.6 Å². The minimum absolute atomic E-state index is 0.0673. The summed E-state index contributed by atoms with van der Waals surface area (Å²) in [4.78, 5) is 19.3. The van der Waals surface area contributed by atoms with E-state index in [-0.39, 0.29) is 24.1 Å². The van der Waals surface area contributed by atoms with E-state index in [2.05, 4.69) is 4.98 Å². The number of pyridine rings is 1. The van der Waals surface area contributed by atoms with Crippen LogP contribution in [0.25, 0.3) is 22.3 Å². The van der Waals surface area contributed by atoms with Crippen LogP contribution >= 0.6 is 0 Å². The Kier molecular flexibility index (Phi) is 12.7. The molecule has 0 radical (unpaired) electrons. The summed E-state index contributed by atoms with van der Waals surface area (Å²) in [7, 11) is -4.01. The topological polar surface area (TPSA) is 79.8 Å². The molecule has 1 aromatic heterocycles. The number of rotatable bonds is 12. The highest BCUT2D eigenvalue weighted by molar-refractivity contribution is 7.89. The average molecular weight is 784 g/mol. The summed E-state index contributed by atoms with van der Waals surface area (Å²) in [6.45, 7) is 6.98. The van der Waals surface area contributed by atoms with Crippen molar-refractivity contribution in [2.75, 3.05) is 6.54 Å². The van der Waals surface area contributed by atoms with Crippen LogP contribution in [0.1, 0.15) is 75.1 Å². The van der Waals surface area contributed by atoms with Gasteiger partial charge >= 0.3 is 12.3 Å². The molecule has 294 valence electrons. The molecule has 0 atom stereocenters. The molecule has 0 bridgehead atoms. The molecule has 1 saturated carbocycles. The van der Waals surface area contributed by atoms with Gasteiger partial charge in [-0.1, -0.05) is 98.1 Å². The number of hydrogen-bond acceptors (Lipinski definition) is 5. The quantitative estimate of drug-likeness (QED) is 0.126. The molecule has 5 aromatic rings. The Labute approximate surface area is 328 Å². The fourth-order valence-corrected chi connectivity index (χ4v) is 8.40. The predicted octanol–water partition coefficient (Wildman–Crippen LogP) is 11.1. The van der Waals surface area contributed by atoms with Crippen LogP contribution in [0.2, 0.25) is 0 Å². The first kappa shape index (κ1) is 40.7. The number of carbonyl (C=O) groups is 1. The van der Waals surface area contributed by atoms with Crippen LogP contribution in [0.15, 0.2) is 126 Å². The van der Waals surface area contributed by atoms with Gasteiger partial charge in [0.25, 0.3) is 0 Å². The largest absolute Gasteiger partial charge is 0.444 e. The van der Waals surface area contributed by atoms with Crippen LogP contribution in [-0.2, 0) is 40.6 Å². The molecule has 1 aliphatic carbocycles. The van der Waals surface area contributed by atoms with E-state index in [4.69, 9.17) is 4.74 Å². The number of halogens is 3. The number of aromatic nitrogens is 1. The van der Waals surface area contributed by atoms with Crippen LogP contribution in [0, 0.1) is 5.92 Å². The molecule has 6 rings (SSSR count). The summed E-state index contributed by atoms with van der Waals surface area (Å²) in [6, 6.07) is 30.4. The Balaban J connectivity index is 1.16. The zero-order valence-electron chi connectivity index (χ0n) is 32.0. The number of ether oxygens (including phenoxy) is 1. The van der Waals surface area contributed by atoms with Crippen molar-refractivity contribution in [1.82, 2.24) is 14.2 Å². The summed E-state index contributed by atoms with van der Waals surface area (Å²) in [5, 5.41) is 0. The van der Waals surface area contributed by atoms with Gasteiger partial charge in [-0.2, -0.15) is 17.5 Å². The van der Waals surface area contributed by atoms with Crippen molar-refractivity contribution in [1.29, 1.82) is 0 Å². The summed E-state index contributed by atoms with van der Waals surface area (Å²) in [6.07, 6.45) is 4.43. The van der Waals surface area contributed by atoms with Crippen LogP contribution in [0.4, 0.5) is 18.0 Å². The number of hydrogen-bond donors (Lipinski definition) is 0. The number of amides is 1. The van der Waals surface area contributed by atoms with Gasteiger partial charge in [0.1, 0.15) is 5.60 Å². The van der Waals surface area contributed by atoms with Crippen molar-refractivity contribution < 1.29 is 31.1 Å². The van der Waals surface area contributed by atoms with Crippen LogP contribution in [0.3, 0.4) is 0 Å². The van der Waals surface area contributed by atoms with E-state index in [1.165, 1.54) is 47.8 Å². The van der Waals surface area contributed by atoms with Gasteiger partial charge in [0.15, 0.2) is 0 Å². The number of benzene rings is 4. The molecule has 1 fully saturated rings. The number of alkyl halides is 3. The SMILES string of the molecule is CC(C)(C)OC(=O)N(Cc1ccc(-c2ccc(CN(Cc3cccnc3)S(=O)(=O)c3ccc(-c4ccc(C(F)(F)F)cc4)cc3)cc2)cc1)CC1CCCCC1. The fourth-order valence-electron chi connectivity index (χ4n) is 6.98. The molecule has 1 heterocycles. The van der Waals surface area contributed by atoms with Crippen molar-refractivity contribution in [3.63, 3.8) is 0 Å². The third-order valence-electron chi connectivity index (χ3n) is 9.95. The third-order valence-corrected chi connectivity index (χ3v) is 11.8. The molecule has 0 unspecified atom stereocenters. The zero-order chi connectivity index (χ0) is 39.9. The van der Waals surface area contributed by atoms with Gasteiger partial charge < -0.3 is 9.64 Å². The van der Waals surface area contributed by atoms with Crippen molar-refractivity contribution in [2.24, 2.45) is 5.92 Å². The van der Waals surface area contributed by atoms with E-state index < -0.39 is 27.4 Å². The minimum atomic E-state index is -4.44. The first-order valence-electron chi connectivity index (χ1n) is 19.0. The summed E-state index contributed by atoms with van der Waals surface area (Å²) < 4.78 is 74.6. The van der Waals surface area contributed by atoms with Crippen LogP contribution < -0.4 is 0 Å². The second-order valence-corrected chi connectivity index (χ2v) is 17.4. The third kappa shape index (κ3) is 10.9. The Morgan fingerprint density at radius 3 is 1.70 bits per heavy atom. The summed E-state index contributed by atoms with van der Waals surface area (Å²) >= 11 is 0. The van der Waals surface area contributed by atoms with Crippen molar-refractivity contribution in [2.45, 2.75) is 89.2 Å². The van der Waals surface area contributed by atoms with E-state index >= 15 is 0 Å². The monoisotopic (exact) mass is 783 g/mol. The van der Waals surface area contributed by atoms with E-state index in [1.807, 2.05) is 80.3 Å². The normalized spacial score (nSPS) is 14.1. The number of carbonyl (C=O) groups excluding carboxylic acids is 1. The van der Waals surface area contributed by atoms with Gasteiger partial charge in [-0.25, -0.2) is 13.2 Å². The van der Waals surface area contributed by atoms with Gasteiger partial charge in [-0.15, -0.1) is 0 Å². The lowest BCUT2D eigenvalue weighted by Crippen LogP contribution is -2.39. The first-order valence-corrected chi connectivity index (χ1v) is 20.4. The molecule has 56 heavy (non-hydrogen) atoms. The van der Waals surface area contributed by atoms with Gasteiger partial charge in [-0.3, -0.25) is 4.98 Å². The maximum Gasteiger partial charge on any atom is 0.416 e. The summed E-state index contributed by atoms with van der Waals surface area (Å²) in [5.74, 6) is 0.478. The molecule has 0 aliphatic heterocycles. The summed E-state index contributed by atoms with van der Waals surface area (Å²) in [5.41, 5.74) is 4.28. The second kappa shape index (κ2) is 17.4. The second-order valence-electron chi connectivity index (χ2n) is 15.5. The average Bonchev–Trinajstić information content (AvgIpc) is 3.18. The molecule has 1 amide bonds. The highest BCUT2D eigenvalue weighted by Gasteiger charge is 2.30. The first-order chi connectivity index (χ1) is 26.6. The lowest BCUT2D eigenvalue weighted by Gasteiger charge is -2.32. The smallest absolute Gasteiger partial charge is 0.416 e. The standard InChI is InChI=1S/C45H48F3N3O4S/c1-44(2,3)55-43(52)50(29-33-8-5-4-6-9-33)30-34-11-15-37(16-12-34)38-17-13-35(14-18-38)31-51(32-36-10-7-27-49-28-36)56(53,54)42-25-21-40(22-26-42)39-19-23-41(24-20-39)45(46,47)48/h7,10-28,33H,4-6,8-9,29-32H2,1-3H3. The Hall–Kier alpha value is -5.00. The molecule has 0 saturated heterocycles. The molecular formula is C45H48F3N3O4S. The van der Waals surface area contributed by atoms with E-state index in [0.29, 0.717) is 30.1 Å². The fraction of sp³-hybridized carbons (Fsp3) is 0.333. The molecule has 7 nitrogen and oxygen atoms in total. The molecule has 0 N–H and O–H groups in total. The number of nitrogens with zero attached hydrogens (tertiary/aromatic N) is 3. The predicted molar refractivity (Wildman–Crippen MR) is 213 cm³/mol. The zero-order valence-corrected chi connectivity index (χ0v) is 32.8. The van der Waals surface area contributed by atoms with Gasteiger partial charge in [-0.05, 0) is 109 Å².